The molecule has 3 heteroatoms. The van der Waals surface area contributed by atoms with Gasteiger partial charge in [0, 0.05) is 19.2 Å². The standard InChI is InChI=1S/C17H31NOSi/c1-7-19-13-17(14(2)3)18-12-15-8-10-16(11-9-15)20(4,5)6/h8-11,14,17-18H,7,12-13H2,1-6H3. The Bertz CT molecular complexity index is 381. The Labute approximate surface area is 125 Å². The van der Waals surface area contributed by atoms with Gasteiger partial charge in [0.05, 0.1) is 14.7 Å². The highest BCUT2D eigenvalue weighted by Gasteiger charge is 2.16. The van der Waals surface area contributed by atoms with Gasteiger partial charge in [0.1, 0.15) is 0 Å². The molecule has 0 spiro atoms. The minimum atomic E-state index is -1.18. The van der Waals surface area contributed by atoms with E-state index in [0.717, 1.165) is 19.8 Å². The third kappa shape index (κ3) is 5.78. The summed E-state index contributed by atoms with van der Waals surface area (Å²) >= 11 is 0. The van der Waals surface area contributed by atoms with E-state index in [9.17, 15) is 0 Å². The smallest absolute Gasteiger partial charge is 0.0775 e. The van der Waals surface area contributed by atoms with Gasteiger partial charge in [-0.2, -0.15) is 0 Å². The third-order valence-corrected chi connectivity index (χ3v) is 5.76. The molecule has 0 aliphatic carbocycles. The van der Waals surface area contributed by atoms with Crippen LogP contribution in [0.25, 0.3) is 0 Å². The van der Waals surface area contributed by atoms with Gasteiger partial charge in [-0.15, -0.1) is 0 Å². The topological polar surface area (TPSA) is 21.3 Å². The first-order chi connectivity index (χ1) is 9.34. The van der Waals surface area contributed by atoms with Crippen LogP contribution in [0.4, 0.5) is 0 Å². The molecule has 1 aromatic carbocycles. The van der Waals surface area contributed by atoms with E-state index in [1.165, 1.54) is 10.8 Å². The molecule has 0 heterocycles. The van der Waals surface area contributed by atoms with E-state index >= 15 is 0 Å². The number of benzene rings is 1. The molecule has 1 atom stereocenters. The van der Waals surface area contributed by atoms with Crippen LogP contribution in [-0.4, -0.2) is 27.3 Å². The summed E-state index contributed by atoms with van der Waals surface area (Å²) in [6.07, 6.45) is 0. The van der Waals surface area contributed by atoms with Crippen LogP contribution in [0.15, 0.2) is 24.3 Å². The van der Waals surface area contributed by atoms with E-state index in [0.29, 0.717) is 12.0 Å². The van der Waals surface area contributed by atoms with Crippen LogP contribution in [0.3, 0.4) is 0 Å². The monoisotopic (exact) mass is 293 g/mol. The minimum absolute atomic E-state index is 0.423. The zero-order chi connectivity index (χ0) is 15.2. The second-order valence-electron chi connectivity index (χ2n) is 6.84. The molecule has 0 saturated carbocycles. The van der Waals surface area contributed by atoms with Crippen LogP contribution in [0.1, 0.15) is 26.3 Å². The molecule has 0 aromatic heterocycles. The summed E-state index contributed by atoms with van der Waals surface area (Å²) in [5.41, 5.74) is 1.36. The van der Waals surface area contributed by atoms with Gasteiger partial charge < -0.3 is 10.1 Å². The lowest BCUT2D eigenvalue weighted by Crippen LogP contribution is -2.38. The molecule has 1 N–H and O–H groups in total. The molecule has 0 aliphatic heterocycles. The maximum atomic E-state index is 5.55. The van der Waals surface area contributed by atoms with Crippen LogP contribution in [0.2, 0.25) is 19.6 Å². The van der Waals surface area contributed by atoms with E-state index in [4.69, 9.17) is 4.74 Å². The van der Waals surface area contributed by atoms with Crippen LogP contribution in [-0.2, 0) is 11.3 Å². The van der Waals surface area contributed by atoms with Gasteiger partial charge in [-0.25, -0.2) is 0 Å². The molecule has 0 saturated heterocycles. The molecule has 2 nitrogen and oxygen atoms in total. The third-order valence-electron chi connectivity index (χ3n) is 3.69. The zero-order valence-electron chi connectivity index (χ0n) is 14.0. The molecule has 1 unspecified atom stereocenters. The van der Waals surface area contributed by atoms with Gasteiger partial charge in [-0.3, -0.25) is 0 Å². The molecule has 114 valence electrons. The molecule has 0 bridgehead atoms. The van der Waals surface area contributed by atoms with Gasteiger partial charge in [-0.1, -0.05) is 62.9 Å². The molecule has 1 aromatic rings. The Morgan fingerprint density at radius 1 is 1.10 bits per heavy atom. The Morgan fingerprint density at radius 2 is 1.70 bits per heavy atom. The predicted octanol–water partition coefficient (Wildman–Crippen LogP) is 3.38. The lowest BCUT2D eigenvalue weighted by Gasteiger charge is -2.22. The van der Waals surface area contributed by atoms with Crippen molar-refractivity contribution in [3.8, 4) is 0 Å². The maximum Gasteiger partial charge on any atom is 0.0775 e. The summed E-state index contributed by atoms with van der Waals surface area (Å²) in [6.45, 7) is 16.2. The highest BCUT2D eigenvalue weighted by molar-refractivity contribution is 6.88. The van der Waals surface area contributed by atoms with Crippen molar-refractivity contribution < 1.29 is 4.74 Å². The van der Waals surface area contributed by atoms with Crippen molar-refractivity contribution in [1.29, 1.82) is 0 Å². The van der Waals surface area contributed by atoms with E-state index in [1.54, 1.807) is 0 Å². The van der Waals surface area contributed by atoms with Crippen molar-refractivity contribution in [3.63, 3.8) is 0 Å². The minimum Gasteiger partial charge on any atom is -0.380 e. The number of hydrogen-bond acceptors (Lipinski definition) is 2. The quantitative estimate of drug-likeness (QED) is 0.742. The summed E-state index contributed by atoms with van der Waals surface area (Å²) < 4.78 is 5.55. The summed E-state index contributed by atoms with van der Waals surface area (Å²) in [4.78, 5) is 0. The number of hydrogen-bond donors (Lipinski definition) is 1. The Kier molecular flexibility index (Phi) is 6.93. The first kappa shape index (κ1) is 17.4. The van der Waals surface area contributed by atoms with Crippen molar-refractivity contribution in [2.45, 2.75) is 53.0 Å². The number of nitrogens with one attached hydrogen (secondary N) is 1. The van der Waals surface area contributed by atoms with Crippen LogP contribution >= 0.6 is 0 Å². The molecule has 0 fully saturated rings. The largest absolute Gasteiger partial charge is 0.380 e. The summed E-state index contributed by atoms with van der Waals surface area (Å²) in [6, 6.07) is 9.55. The van der Waals surface area contributed by atoms with Crippen molar-refractivity contribution in [3.05, 3.63) is 29.8 Å². The fourth-order valence-corrected chi connectivity index (χ4v) is 3.27. The van der Waals surface area contributed by atoms with Crippen molar-refractivity contribution in [2.75, 3.05) is 13.2 Å². The van der Waals surface area contributed by atoms with Crippen LogP contribution in [0, 0.1) is 5.92 Å². The van der Waals surface area contributed by atoms with E-state index in [-0.39, 0.29) is 0 Å². The summed E-state index contributed by atoms with van der Waals surface area (Å²) in [5, 5.41) is 5.14. The van der Waals surface area contributed by atoms with Crippen LogP contribution in [0.5, 0.6) is 0 Å². The van der Waals surface area contributed by atoms with Gasteiger partial charge in [0.15, 0.2) is 0 Å². The van der Waals surface area contributed by atoms with Crippen molar-refractivity contribution in [2.24, 2.45) is 5.92 Å². The molecule has 0 radical (unpaired) electrons. The fourth-order valence-electron chi connectivity index (χ4n) is 2.10. The van der Waals surface area contributed by atoms with E-state index in [2.05, 4.69) is 63.1 Å². The normalized spacial score (nSPS) is 13.8. The van der Waals surface area contributed by atoms with Gasteiger partial charge in [-0.05, 0) is 18.4 Å². The lowest BCUT2D eigenvalue weighted by molar-refractivity contribution is 0.108. The number of ether oxygens (including phenoxy) is 1. The SMILES string of the molecule is CCOCC(NCc1ccc([Si](C)(C)C)cc1)C(C)C. The van der Waals surface area contributed by atoms with Crippen molar-refractivity contribution >= 4 is 13.3 Å². The first-order valence-corrected chi connectivity index (χ1v) is 11.2. The first-order valence-electron chi connectivity index (χ1n) is 7.75. The van der Waals surface area contributed by atoms with E-state index in [1.807, 2.05) is 6.92 Å². The second kappa shape index (κ2) is 7.96. The molecule has 0 amide bonds. The average molecular weight is 294 g/mol. The Morgan fingerprint density at radius 3 is 2.15 bits per heavy atom. The Balaban J connectivity index is 2.55. The molecule has 1 rings (SSSR count). The maximum absolute atomic E-state index is 5.55. The molecule has 20 heavy (non-hydrogen) atoms. The molecular formula is C17H31NOSi. The molecular weight excluding hydrogens is 262 g/mol. The van der Waals surface area contributed by atoms with Gasteiger partial charge >= 0.3 is 0 Å². The van der Waals surface area contributed by atoms with Gasteiger partial charge in [0.25, 0.3) is 0 Å². The highest BCUT2D eigenvalue weighted by atomic mass is 28.3. The average Bonchev–Trinajstić information content (AvgIpc) is 2.38. The van der Waals surface area contributed by atoms with E-state index < -0.39 is 8.07 Å². The predicted molar refractivity (Wildman–Crippen MR) is 91.4 cm³/mol. The highest BCUT2D eigenvalue weighted by Crippen LogP contribution is 2.07. The Hall–Kier alpha value is -0.643. The van der Waals surface area contributed by atoms with Crippen molar-refractivity contribution in [1.82, 2.24) is 5.32 Å². The molecule has 0 aliphatic rings. The fraction of sp³-hybridized carbons (Fsp3) is 0.647. The number of rotatable bonds is 8. The van der Waals surface area contributed by atoms with Crippen LogP contribution < -0.4 is 10.5 Å². The second-order valence-corrected chi connectivity index (χ2v) is 11.9. The summed E-state index contributed by atoms with van der Waals surface area (Å²) in [5.74, 6) is 0.586. The lowest BCUT2D eigenvalue weighted by atomic mass is 10.0. The zero-order valence-corrected chi connectivity index (χ0v) is 15.0. The van der Waals surface area contributed by atoms with Gasteiger partial charge in [0.2, 0.25) is 0 Å². The summed E-state index contributed by atoms with van der Waals surface area (Å²) in [7, 11) is -1.18.